The van der Waals surface area contributed by atoms with Crippen molar-refractivity contribution in [1.82, 2.24) is 0 Å². The molecule has 0 bridgehead atoms. The highest BCUT2D eigenvalue weighted by atomic mass is 79.9. The van der Waals surface area contributed by atoms with Crippen LogP contribution in [0.3, 0.4) is 0 Å². The Labute approximate surface area is 134 Å². The van der Waals surface area contributed by atoms with Gasteiger partial charge in [0, 0.05) is 18.5 Å². The quantitative estimate of drug-likeness (QED) is 0.308. The minimum Gasteiger partial charge on any atom is -0.353 e. The highest BCUT2D eigenvalue weighted by Gasteiger charge is 2.13. The monoisotopic (exact) mass is 348 g/mol. The highest BCUT2D eigenvalue weighted by Crippen LogP contribution is 2.15. The lowest BCUT2D eigenvalue weighted by Crippen LogP contribution is -2.22. The molecule has 1 heterocycles. The molecule has 120 valence electrons. The van der Waals surface area contributed by atoms with Crippen molar-refractivity contribution in [3.8, 4) is 0 Å². The van der Waals surface area contributed by atoms with Crippen molar-refractivity contribution in [2.75, 3.05) is 18.5 Å². The molecule has 0 amide bonds. The maximum absolute atomic E-state index is 5.74. The van der Waals surface area contributed by atoms with E-state index in [4.69, 9.17) is 9.47 Å². The molecule has 1 aliphatic heterocycles. The van der Waals surface area contributed by atoms with E-state index in [2.05, 4.69) is 15.9 Å². The normalized spacial score (nSPS) is 19.4. The van der Waals surface area contributed by atoms with Gasteiger partial charge in [0.25, 0.3) is 0 Å². The molecule has 0 aromatic heterocycles. The van der Waals surface area contributed by atoms with Crippen molar-refractivity contribution < 1.29 is 9.47 Å². The molecule has 0 aromatic rings. The predicted octanol–water partition coefficient (Wildman–Crippen LogP) is 5.83. The number of halogens is 1. The van der Waals surface area contributed by atoms with E-state index in [9.17, 15) is 0 Å². The standard InChI is InChI=1S/C17H33BrO2/c18-14-10-7-5-3-1-2-4-6-8-11-15-19-17-13-9-12-16-20-17/h17H,1-16H2/t17-/m0/s1. The maximum Gasteiger partial charge on any atom is 0.157 e. The molecule has 0 aliphatic carbocycles. The summed E-state index contributed by atoms with van der Waals surface area (Å²) < 4.78 is 11.3. The summed E-state index contributed by atoms with van der Waals surface area (Å²) >= 11 is 3.48. The van der Waals surface area contributed by atoms with Crippen LogP contribution in [-0.4, -0.2) is 24.8 Å². The highest BCUT2D eigenvalue weighted by molar-refractivity contribution is 9.09. The Morgan fingerprint density at radius 1 is 0.800 bits per heavy atom. The number of ether oxygens (including phenoxy) is 2. The first-order valence-corrected chi connectivity index (χ1v) is 9.85. The maximum atomic E-state index is 5.74. The van der Waals surface area contributed by atoms with Gasteiger partial charge in [0.2, 0.25) is 0 Å². The van der Waals surface area contributed by atoms with Gasteiger partial charge < -0.3 is 9.47 Å². The van der Waals surface area contributed by atoms with E-state index in [0.29, 0.717) is 0 Å². The average Bonchev–Trinajstić information content (AvgIpc) is 2.49. The molecule has 0 saturated carbocycles. The predicted molar refractivity (Wildman–Crippen MR) is 89.5 cm³/mol. The van der Waals surface area contributed by atoms with Crippen molar-refractivity contribution >= 4 is 15.9 Å². The van der Waals surface area contributed by atoms with Crippen molar-refractivity contribution in [2.45, 2.75) is 89.8 Å². The topological polar surface area (TPSA) is 18.5 Å². The lowest BCUT2D eigenvalue weighted by atomic mass is 10.1. The Morgan fingerprint density at radius 3 is 1.95 bits per heavy atom. The summed E-state index contributed by atoms with van der Waals surface area (Å²) in [4.78, 5) is 0. The molecular weight excluding hydrogens is 316 g/mol. The van der Waals surface area contributed by atoms with Crippen LogP contribution < -0.4 is 0 Å². The fraction of sp³-hybridized carbons (Fsp3) is 1.00. The summed E-state index contributed by atoms with van der Waals surface area (Å²) in [5, 5.41) is 1.17. The summed E-state index contributed by atoms with van der Waals surface area (Å²) in [5.74, 6) is 0. The molecule has 0 spiro atoms. The first-order valence-electron chi connectivity index (χ1n) is 8.72. The smallest absolute Gasteiger partial charge is 0.157 e. The molecule has 0 aromatic carbocycles. The van der Waals surface area contributed by atoms with Gasteiger partial charge in [-0.05, 0) is 32.1 Å². The first-order chi connectivity index (χ1) is 9.93. The fourth-order valence-electron chi connectivity index (χ4n) is 2.67. The second-order valence-corrected chi connectivity index (χ2v) is 6.68. The summed E-state index contributed by atoms with van der Waals surface area (Å²) in [5.41, 5.74) is 0. The summed E-state index contributed by atoms with van der Waals surface area (Å²) in [6.45, 7) is 1.78. The molecule has 1 saturated heterocycles. The molecule has 20 heavy (non-hydrogen) atoms. The largest absolute Gasteiger partial charge is 0.353 e. The lowest BCUT2D eigenvalue weighted by Gasteiger charge is -2.22. The lowest BCUT2D eigenvalue weighted by molar-refractivity contribution is -0.162. The van der Waals surface area contributed by atoms with Crippen molar-refractivity contribution in [1.29, 1.82) is 0 Å². The zero-order chi connectivity index (χ0) is 14.3. The Balaban J connectivity index is 1.70. The third-order valence-corrected chi connectivity index (χ3v) is 4.53. The third-order valence-electron chi connectivity index (χ3n) is 3.97. The van der Waals surface area contributed by atoms with Crippen LogP contribution in [0.15, 0.2) is 0 Å². The van der Waals surface area contributed by atoms with E-state index in [0.717, 1.165) is 19.6 Å². The molecule has 1 atom stereocenters. The summed E-state index contributed by atoms with van der Waals surface area (Å²) in [7, 11) is 0. The number of unbranched alkanes of at least 4 members (excludes halogenated alkanes) is 9. The zero-order valence-electron chi connectivity index (χ0n) is 13.1. The van der Waals surface area contributed by atoms with Crippen LogP contribution in [0.1, 0.15) is 83.5 Å². The van der Waals surface area contributed by atoms with Gasteiger partial charge in [-0.15, -0.1) is 0 Å². The minimum atomic E-state index is 0.100. The van der Waals surface area contributed by atoms with Crippen molar-refractivity contribution in [3.05, 3.63) is 0 Å². The molecule has 1 rings (SSSR count). The van der Waals surface area contributed by atoms with Gasteiger partial charge in [-0.1, -0.05) is 67.3 Å². The van der Waals surface area contributed by atoms with E-state index < -0.39 is 0 Å². The van der Waals surface area contributed by atoms with E-state index >= 15 is 0 Å². The van der Waals surface area contributed by atoms with Gasteiger partial charge >= 0.3 is 0 Å². The SMILES string of the molecule is BrCCCCCCCCCCCCO[C@@H]1CCCCO1. The van der Waals surface area contributed by atoms with Crippen LogP contribution in [0.5, 0.6) is 0 Å². The molecular formula is C17H33BrO2. The number of hydrogen-bond donors (Lipinski definition) is 0. The number of hydrogen-bond acceptors (Lipinski definition) is 2. The van der Waals surface area contributed by atoms with Crippen molar-refractivity contribution in [2.24, 2.45) is 0 Å². The Hall–Kier alpha value is 0.400. The first kappa shape index (κ1) is 18.4. The van der Waals surface area contributed by atoms with Gasteiger partial charge in [-0.3, -0.25) is 0 Å². The second kappa shape index (κ2) is 14.3. The molecule has 1 aliphatic rings. The van der Waals surface area contributed by atoms with Crippen LogP contribution in [0, 0.1) is 0 Å². The van der Waals surface area contributed by atoms with Crippen LogP contribution in [0.4, 0.5) is 0 Å². The van der Waals surface area contributed by atoms with Crippen LogP contribution in [-0.2, 0) is 9.47 Å². The second-order valence-electron chi connectivity index (χ2n) is 5.89. The van der Waals surface area contributed by atoms with E-state index in [-0.39, 0.29) is 6.29 Å². The zero-order valence-corrected chi connectivity index (χ0v) is 14.7. The number of rotatable bonds is 13. The third kappa shape index (κ3) is 11.1. The van der Waals surface area contributed by atoms with Crippen LogP contribution >= 0.6 is 15.9 Å². The summed E-state index contributed by atoms with van der Waals surface area (Å²) in [6.07, 6.45) is 17.4. The molecule has 1 fully saturated rings. The van der Waals surface area contributed by atoms with Crippen LogP contribution in [0.25, 0.3) is 0 Å². The molecule has 0 radical (unpaired) electrons. The van der Waals surface area contributed by atoms with Crippen LogP contribution in [0.2, 0.25) is 0 Å². The average molecular weight is 349 g/mol. The number of alkyl halides is 1. The Bertz CT molecular complexity index is 193. The van der Waals surface area contributed by atoms with Gasteiger partial charge in [-0.25, -0.2) is 0 Å². The van der Waals surface area contributed by atoms with Gasteiger partial charge in [0.15, 0.2) is 6.29 Å². The fourth-order valence-corrected chi connectivity index (χ4v) is 3.06. The molecule has 3 heteroatoms. The molecule has 0 N–H and O–H groups in total. The van der Waals surface area contributed by atoms with Crippen molar-refractivity contribution in [3.63, 3.8) is 0 Å². The minimum absolute atomic E-state index is 0.100. The van der Waals surface area contributed by atoms with Gasteiger partial charge in [0.05, 0.1) is 0 Å². The summed E-state index contributed by atoms with van der Waals surface area (Å²) in [6, 6.07) is 0. The van der Waals surface area contributed by atoms with E-state index in [1.54, 1.807) is 0 Å². The van der Waals surface area contributed by atoms with E-state index in [1.165, 1.54) is 82.4 Å². The van der Waals surface area contributed by atoms with Gasteiger partial charge in [0.1, 0.15) is 0 Å². The van der Waals surface area contributed by atoms with E-state index in [1.807, 2.05) is 0 Å². The Kier molecular flexibility index (Phi) is 13.2. The van der Waals surface area contributed by atoms with Gasteiger partial charge in [-0.2, -0.15) is 0 Å². The Morgan fingerprint density at radius 2 is 1.40 bits per heavy atom. The molecule has 0 unspecified atom stereocenters. The molecule has 2 nitrogen and oxygen atoms in total.